The van der Waals surface area contributed by atoms with E-state index in [1.54, 1.807) is 32.0 Å². The lowest BCUT2D eigenvalue weighted by atomic mass is 10.1. The summed E-state index contributed by atoms with van der Waals surface area (Å²) >= 11 is 1.57. The molecule has 0 saturated heterocycles. The number of rotatable bonds is 7. The molecule has 1 N–H and O–H groups in total. The Balaban J connectivity index is 1.67. The maximum Gasteiger partial charge on any atom is 0.341 e. The minimum Gasteiger partial charge on any atom is -0.497 e. The molecular formula is C33H26O5S. The molecule has 4 aromatic rings. The first kappa shape index (κ1) is 27.3. The van der Waals surface area contributed by atoms with E-state index in [0.29, 0.717) is 5.75 Å². The van der Waals surface area contributed by atoms with Gasteiger partial charge in [-0.25, -0.2) is 4.79 Å². The molecule has 0 aliphatic carbocycles. The summed E-state index contributed by atoms with van der Waals surface area (Å²) in [5.41, 5.74) is 4.22. The number of benzene rings is 4. The molecule has 0 spiro atoms. The molecule has 39 heavy (non-hydrogen) atoms. The quantitative estimate of drug-likeness (QED) is 0.276. The van der Waals surface area contributed by atoms with Crippen LogP contribution >= 0.6 is 11.8 Å². The second kappa shape index (κ2) is 13.1. The second-order valence-electron chi connectivity index (χ2n) is 8.42. The van der Waals surface area contributed by atoms with Crippen molar-refractivity contribution in [2.75, 3.05) is 20.8 Å². The summed E-state index contributed by atoms with van der Waals surface area (Å²) in [5.74, 6) is 14.0. The van der Waals surface area contributed by atoms with Crippen molar-refractivity contribution < 1.29 is 24.1 Å². The maximum atomic E-state index is 10.8. The number of carboxylic acids is 1. The van der Waals surface area contributed by atoms with Crippen LogP contribution < -0.4 is 14.2 Å². The van der Waals surface area contributed by atoms with Crippen molar-refractivity contribution in [3.05, 3.63) is 113 Å². The van der Waals surface area contributed by atoms with Crippen LogP contribution in [-0.4, -0.2) is 31.9 Å². The molecule has 0 fully saturated rings. The lowest BCUT2D eigenvalue weighted by molar-refractivity contribution is -0.139. The van der Waals surface area contributed by atoms with Crippen LogP contribution in [0.1, 0.15) is 27.8 Å². The molecule has 4 rings (SSSR count). The van der Waals surface area contributed by atoms with E-state index in [9.17, 15) is 4.79 Å². The number of hydrogen-bond acceptors (Lipinski definition) is 5. The lowest BCUT2D eigenvalue weighted by Gasteiger charge is -2.09. The fourth-order valence-corrected chi connectivity index (χ4v) is 4.63. The molecular weight excluding hydrogens is 508 g/mol. The van der Waals surface area contributed by atoms with Gasteiger partial charge in [-0.1, -0.05) is 47.6 Å². The lowest BCUT2D eigenvalue weighted by Crippen LogP contribution is -2.09. The predicted octanol–water partition coefficient (Wildman–Crippen LogP) is 6.43. The zero-order chi connectivity index (χ0) is 27.6. The van der Waals surface area contributed by atoms with Crippen LogP contribution in [-0.2, 0) is 4.79 Å². The van der Waals surface area contributed by atoms with Gasteiger partial charge < -0.3 is 19.3 Å². The highest BCUT2D eigenvalue weighted by molar-refractivity contribution is 7.99. The molecule has 0 amide bonds. The van der Waals surface area contributed by atoms with Gasteiger partial charge in [0.2, 0.25) is 0 Å². The van der Waals surface area contributed by atoms with Crippen molar-refractivity contribution in [1.82, 2.24) is 0 Å². The van der Waals surface area contributed by atoms with Gasteiger partial charge in [0.25, 0.3) is 0 Å². The molecule has 4 aromatic carbocycles. The van der Waals surface area contributed by atoms with Gasteiger partial charge in [0.1, 0.15) is 17.2 Å². The van der Waals surface area contributed by atoms with Crippen LogP contribution in [0, 0.1) is 30.6 Å². The van der Waals surface area contributed by atoms with Crippen LogP contribution in [0.25, 0.3) is 0 Å². The third-order valence-corrected chi connectivity index (χ3v) is 6.44. The van der Waals surface area contributed by atoms with Gasteiger partial charge in [-0.3, -0.25) is 0 Å². The zero-order valence-corrected chi connectivity index (χ0v) is 22.6. The molecule has 0 bridgehead atoms. The smallest absolute Gasteiger partial charge is 0.341 e. The topological polar surface area (TPSA) is 65.0 Å². The first-order chi connectivity index (χ1) is 18.9. The molecule has 194 valence electrons. The highest BCUT2D eigenvalue weighted by atomic mass is 32.2. The van der Waals surface area contributed by atoms with E-state index in [2.05, 4.69) is 23.7 Å². The van der Waals surface area contributed by atoms with Gasteiger partial charge >= 0.3 is 5.97 Å². The van der Waals surface area contributed by atoms with Crippen molar-refractivity contribution in [2.45, 2.75) is 16.7 Å². The summed E-state index contributed by atoms with van der Waals surface area (Å²) in [6, 6.07) is 26.9. The summed E-state index contributed by atoms with van der Waals surface area (Å²) in [5, 5.41) is 8.89. The van der Waals surface area contributed by atoms with Crippen molar-refractivity contribution in [1.29, 1.82) is 0 Å². The number of aliphatic carboxylic acids is 1. The summed E-state index contributed by atoms with van der Waals surface area (Å²) in [6.07, 6.45) is 0. The molecule has 5 nitrogen and oxygen atoms in total. The molecule has 0 aliphatic heterocycles. The Kier molecular flexibility index (Phi) is 9.19. The maximum absolute atomic E-state index is 10.8. The molecule has 0 aromatic heterocycles. The van der Waals surface area contributed by atoms with E-state index < -0.39 is 5.97 Å². The molecule has 0 atom stereocenters. The van der Waals surface area contributed by atoms with Crippen LogP contribution in [0.2, 0.25) is 0 Å². The van der Waals surface area contributed by atoms with E-state index in [0.717, 1.165) is 49.1 Å². The Hall–Kier alpha value is -4.78. The highest BCUT2D eigenvalue weighted by Crippen LogP contribution is 2.32. The Bertz CT molecular complexity index is 1530. The van der Waals surface area contributed by atoms with E-state index in [1.165, 1.54) is 0 Å². The Morgan fingerprint density at radius 2 is 1.28 bits per heavy atom. The summed E-state index contributed by atoms with van der Waals surface area (Å²) in [7, 11) is 3.26. The van der Waals surface area contributed by atoms with Gasteiger partial charge in [0, 0.05) is 32.0 Å². The van der Waals surface area contributed by atoms with Gasteiger partial charge in [-0.05, 0) is 85.3 Å². The summed E-state index contributed by atoms with van der Waals surface area (Å²) < 4.78 is 16.0. The fourth-order valence-electron chi connectivity index (χ4n) is 3.62. The van der Waals surface area contributed by atoms with Crippen LogP contribution in [0.15, 0.2) is 94.7 Å². The fraction of sp³-hybridized carbons (Fsp3) is 0.121. The number of aryl methyl sites for hydroxylation is 1. The Morgan fingerprint density at radius 3 is 1.79 bits per heavy atom. The van der Waals surface area contributed by atoms with E-state index in [4.69, 9.17) is 19.3 Å². The summed E-state index contributed by atoms with van der Waals surface area (Å²) in [6.45, 7) is 1.51. The first-order valence-electron chi connectivity index (χ1n) is 12.0. The van der Waals surface area contributed by atoms with E-state index in [-0.39, 0.29) is 6.61 Å². The normalized spacial score (nSPS) is 9.92. The van der Waals surface area contributed by atoms with E-state index >= 15 is 0 Å². The number of carbonyl (C=O) groups is 1. The largest absolute Gasteiger partial charge is 0.497 e. The second-order valence-corrected chi connectivity index (χ2v) is 9.57. The minimum absolute atomic E-state index is 0.378. The third-order valence-electron chi connectivity index (χ3n) is 5.48. The van der Waals surface area contributed by atoms with Gasteiger partial charge in [-0.15, -0.1) is 0 Å². The van der Waals surface area contributed by atoms with E-state index in [1.807, 2.05) is 85.8 Å². The summed E-state index contributed by atoms with van der Waals surface area (Å²) in [4.78, 5) is 12.8. The van der Waals surface area contributed by atoms with Gasteiger partial charge in [0.05, 0.1) is 14.2 Å². The standard InChI is InChI=1S/C33H26O5S/c1-23-16-30(14-15-32(23)38-22-33(34)35)39-31-20-26(12-10-24-6-4-8-28(18-24)36-2)17-27(21-31)13-11-25-7-5-9-29(19-25)37-3/h4-9,14-21H,22H2,1-3H3,(H,34,35). The molecule has 6 heteroatoms. The van der Waals surface area contributed by atoms with Crippen LogP contribution in [0.3, 0.4) is 0 Å². The molecule has 0 radical (unpaired) electrons. The number of ether oxygens (including phenoxy) is 3. The zero-order valence-electron chi connectivity index (χ0n) is 21.8. The predicted molar refractivity (Wildman–Crippen MR) is 153 cm³/mol. The Labute approximate surface area is 232 Å². The number of methoxy groups -OCH3 is 2. The van der Waals surface area contributed by atoms with Crippen molar-refractivity contribution in [3.63, 3.8) is 0 Å². The van der Waals surface area contributed by atoms with Crippen molar-refractivity contribution in [2.24, 2.45) is 0 Å². The minimum atomic E-state index is -1.01. The van der Waals surface area contributed by atoms with Crippen molar-refractivity contribution in [3.8, 4) is 40.9 Å². The Morgan fingerprint density at radius 1 is 0.718 bits per heavy atom. The molecule has 0 unspecified atom stereocenters. The monoisotopic (exact) mass is 534 g/mol. The molecule has 0 heterocycles. The average molecular weight is 535 g/mol. The number of hydrogen-bond donors (Lipinski definition) is 1. The highest BCUT2D eigenvalue weighted by Gasteiger charge is 2.07. The third kappa shape index (κ3) is 8.10. The molecule has 0 aliphatic rings. The van der Waals surface area contributed by atoms with Crippen molar-refractivity contribution >= 4 is 17.7 Å². The van der Waals surface area contributed by atoms with Gasteiger partial charge in [0.15, 0.2) is 6.61 Å². The SMILES string of the molecule is COc1cccc(C#Cc2cc(C#Cc3cccc(OC)c3)cc(Sc3ccc(OCC(=O)O)c(C)c3)c2)c1. The van der Waals surface area contributed by atoms with Crippen LogP contribution in [0.5, 0.6) is 17.2 Å². The van der Waals surface area contributed by atoms with Crippen LogP contribution in [0.4, 0.5) is 0 Å². The molecule has 0 saturated carbocycles. The number of carboxylic acid groups (broad SMARTS) is 1. The average Bonchev–Trinajstić information content (AvgIpc) is 2.94. The first-order valence-corrected chi connectivity index (χ1v) is 12.8. The van der Waals surface area contributed by atoms with Gasteiger partial charge in [-0.2, -0.15) is 0 Å².